The average molecular weight is 452 g/mol. The largest absolute Gasteiger partial charge is 0.459 e. The highest BCUT2D eigenvalue weighted by atomic mass is 35.5. The van der Waals surface area contributed by atoms with Gasteiger partial charge in [-0.1, -0.05) is 23.7 Å². The van der Waals surface area contributed by atoms with Gasteiger partial charge in [-0.05, 0) is 42.5 Å². The molecule has 4 rings (SSSR count). The Morgan fingerprint density at radius 2 is 1.72 bits per heavy atom. The fourth-order valence-corrected chi connectivity index (χ4v) is 3.09. The number of amides is 2. The number of carbonyl (C=O) groups is 2. The third kappa shape index (κ3) is 4.52. The van der Waals surface area contributed by atoms with Gasteiger partial charge >= 0.3 is 0 Å². The molecule has 0 aliphatic carbocycles. The van der Waals surface area contributed by atoms with Crippen molar-refractivity contribution in [3.8, 4) is 11.3 Å². The first-order valence-corrected chi connectivity index (χ1v) is 9.59. The highest BCUT2D eigenvalue weighted by Gasteiger charge is 2.16. The van der Waals surface area contributed by atoms with E-state index in [0.29, 0.717) is 22.7 Å². The first kappa shape index (κ1) is 20.9. The molecule has 2 amide bonds. The first-order chi connectivity index (χ1) is 15.4. The minimum atomic E-state index is -0.537. The Bertz CT molecular complexity index is 1310. The topological polar surface area (TPSA) is 128 Å². The Balaban J connectivity index is 1.45. The molecule has 9 nitrogen and oxygen atoms in total. The molecule has 0 saturated heterocycles. The van der Waals surface area contributed by atoms with Crippen molar-refractivity contribution in [3.05, 3.63) is 99.7 Å². The number of hydrogen-bond acceptors (Lipinski definition) is 6. The van der Waals surface area contributed by atoms with E-state index in [1.807, 2.05) is 0 Å². The van der Waals surface area contributed by atoms with E-state index in [2.05, 4.69) is 10.6 Å². The molecule has 2 heterocycles. The number of nitrogens with one attached hydrogen (secondary N) is 2. The van der Waals surface area contributed by atoms with Crippen LogP contribution in [-0.4, -0.2) is 16.7 Å². The van der Waals surface area contributed by atoms with E-state index >= 15 is 0 Å². The van der Waals surface area contributed by atoms with Gasteiger partial charge in [-0.3, -0.25) is 19.7 Å². The van der Waals surface area contributed by atoms with Gasteiger partial charge < -0.3 is 19.5 Å². The molecule has 2 N–H and O–H groups in total. The van der Waals surface area contributed by atoms with E-state index in [0.717, 1.165) is 0 Å². The van der Waals surface area contributed by atoms with Gasteiger partial charge in [0.05, 0.1) is 21.9 Å². The molecule has 4 aromatic rings. The lowest BCUT2D eigenvalue weighted by Crippen LogP contribution is -2.13. The number of anilines is 2. The molecule has 0 radical (unpaired) electrons. The summed E-state index contributed by atoms with van der Waals surface area (Å²) in [5.41, 5.74) is 1.11. The van der Waals surface area contributed by atoms with E-state index in [1.165, 1.54) is 48.7 Å². The number of hydrogen-bond donors (Lipinski definition) is 2. The zero-order valence-corrected chi connectivity index (χ0v) is 17.0. The molecule has 0 bridgehead atoms. The van der Waals surface area contributed by atoms with Gasteiger partial charge in [-0.2, -0.15) is 0 Å². The van der Waals surface area contributed by atoms with Crippen molar-refractivity contribution < 1.29 is 23.3 Å². The van der Waals surface area contributed by atoms with Crippen LogP contribution in [0.1, 0.15) is 21.1 Å². The van der Waals surface area contributed by atoms with Crippen LogP contribution in [0.15, 0.2) is 81.8 Å². The summed E-state index contributed by atoms with van der Waals surface area (Å²) < 4.78 is 10.6. The number of nitrogens with zero attached hydrogens (tertiary/aromatic N) is 1. The van der Waals surface area contributed by atoms with Gasteiger partial charge in [0.2, 0.25) is 0 Å². The van der Waals surface area contributed by atoms with Crippen molar-refractivity contribution in [2.45, 2.75) is 0 Å². The third-order valence-corrected chi connectivity index (χ3v) is 4.70. The molecule has 0 aliphatic rings. The highest BCUT2D eigenvalue weighted by molar-refractivity contribution is 6.34. The maximum Gasteiger partial charge on any atom is 0.291 e. The molecule has 160 valence electrons. The quantitative estimate of drug-likeness (QED) is 0.290. The van der Waals surface area contributed by atoms with Crippen molar-refractivity contribution in [1.82, 2.24) is 0 Å². The summed E-state index contributed by atoms with van der Waals surface area (Å²) in [6.07, 6.45) is 1.38. The molecule has 0 saturated carbocycles. The Labute approximate surface area is 185 Å². The Morgan fingerprint density at radius 3 is 2.44 bits per heavy atom. The number of nitro benzene ring substituents is 1. The first-order valence-electron chi connectivity index (χ1n) is 9.21. The molecule has 0 spiro atoms. The summed E-state index contributed by atoms with van der Waals surface area (Å²) >= 11 is 6.21. The monoisotopic (exact) mass is 451 g/mol. The van der Waals surface area contributed by atoms with Crippen molar-refractivity contribution in [3.63, 3.8) is 0 Å². The van der Waals surface area contributed by atoms with Gasteiger partial charge in [0, 0.05) is 23.4 Å². The van der Waals surface area contributed by atoms with Crippen LogP contribution in [0.4, 0.5) is 17.1 Å². The maximum atomic E-state index is 12.5. The second kappa shape index (κ2) is 8.78. The summed E-state index contributed by atoms with van der Waals surface area (Å²) in [5.74, 6) is -0.537. The number of furan rings is 2. The third-order valence-electron chi connectivity index (χ3n) is 4.39. The van der Waals surface area contributed by atoms with Crippen LogP contribution >= 0.6 is 11.6 Å². The lowest BCUT2D eigenvalue weighted by atomic mass is 10.1. The standard InChI is InChI=1S/C22H14ClN3O6/c23-16-12-14(6-7-17(16)25-21(27)19-5-2-10-31-19)24-22(28)20-9-8-18(32-20)13-3-1-4-15(11-13)26(29)30/h1-12H,(H,24,28)(H,25,27). The SMILES string of the molecule is O=C(Nc1ccc(NC(=O)c2ccc(-c3cccc([N+](=O)[O-])c3)o2)cc1Cl)c1ccco1. The molecule has 0 fully saturated rings. The molecule has 10 heteroatoms. The number of rotatable bonds is 6. The zero-order chi connectivity index (χ0) is 22.7. The van der Waals surface area contributed by atoms with Crippen LogP contribution in [0.3, 0.4) is 0 Å². The van der Waals surface area contributed by atoms with Crippen molar-refractivity contribution in [1.29, 1.82) is 0 Å². The second-order valence-corrected chi connectivity index (χ2v) is 6.96. The molecular formula is C22H14ClN3O6. The summed E-state index contributed by atoms with van der Waals surface area (Å²) in [6, 6.07) is 16.6. The van der Waals surface area contributed by atoms with Crippen LogP contribution in [0.2, 0.25) is 5.02 Å². The number of non-ortho nitro benzene ring substituents is 1. The molecule has 2 aromatic heterocycles. The lowest BCUT2D eigenvalue weighted by Gasteiger charge is -2.09. The minimum absolute atomic E-state index is 0.0119. The molecule has 0 aliphatic heterocycles. The van der Waals surface area contributed by atoms with E-state index in [-0.39, 0.29) is 22.2 Å². The van der Waals surface area contributed by atoms with Crippen LogP contribution < -0.4 is 10.6 Å². The van der Waals surface area contributed by atoms with Crippen LogP contribution in [0.5, 0.6) is 0 Å². The van der Waals surface area contributed by atoms with Gasteiger partial charge in [0.15, 0.2) is 11.5 Å². The Morgan fingerprint density at radius 1 is 0.906 bits per heavy atom. The highest BCUT2D eigenvalue weighted by Crippen LogP contribution is 2.28. The molecule has 0 unspecified atom stereocenters. The number of halogens is 1. The maximum absolute atomic E-state index is 12.5. The summed E-state index contributed by atoms with van der Waals surface area (Å²) in [5, 5.41) is 16.4. The van der Waals surface area contributed by atoms with Gasteiger partial charge in [0.1, 0.15) is 5.76 Å². The lowest BCUT2D eigenvalue weighted by molar-refractivity contribution is -0.384. The number of benzene rings is 2. The Hall–Kier alpha value is -4.37. The average Bonchev–Trinajstić information content (AvgIpc) is 3.48. The summed E-state index contributed by atoms with van der Waals surface area (Å²) in [7, 11) is 0. The van der Waals surface area contributed by atoms with Gasteiger partial charge in [0.25, 0.3) is 17.5 Å². The summed E-state index contributed by atoms with van der Waals surface area (Å²) in [4.78, 5) is 35.0. The normalized spacial score (nSPS) is 10.5. The zero-order valence-electron chi connectivity index (χ0n) is 16.2. The molecular weight excluding hydrogens is 438 g/mol. The van der Waals surface area contributed by atoms with Gasteiger partial charge in [-0.15, -0.1) is 0 Å². The number of nitro groups is 1. The molecule has 32 heavy (non-hydrogen) atoms. The van der Waals surface area contributed by atoms with E-state index in [1.54, 1.807) is 24.3 Å². The van der Waals surface area contributed by atoms with Gasteiger partial charge in [-0.25, -0.2) is 0 Å². The van der Waals surface area contributed by atoms with Crippen molar-refractivity contribution >= 4 is 40.5 Å². The predicted octanol–water partition coefficient (Wildman–Crippen LogP) is 5.61. The second-order valence-electron chi connectivity index (χ2n) is 6.55. The Kier molecular flexibility index (Phi) is 5.73. The minimum Gasteiger partial charge on any atom is -0.459 e. The smallest absolute Gasteiger partial charge is 0.291 e. The number of carbonyl (C=O) groups excluding carboxylic acids is 2. The summed E-state index contributed by atoms with van der Waals surface area (Å²) in [6.45, 7) is 0. The van der Waals surface area contributed by atoms with Crippen molar-refractivity contribution in [2.24, 2.45) is 0 Å². The van der Waals surface area contributed by atoms with E-state index in [9.17, 15) is 19.7 Å². The predicted molar refractivity (Wildman–Crippen MR) is 117 cm³/mol. The van der Waals surface area contributed by atoms with Crippen LogP contribution in [0.25, 0.3) is 11.3 Å². The van der Waals surface area contributed by atoms with Crippen molar-refractivity contribution in [2.75, 3.05) is 10.6 Å². The molecule has 0 atom stereocenters. The fraction of sp³-hybridized carbons (Fsp3) is 0. The fourth-order valence-electron chi connectivity index (χ4n) is 2.87. The van der Waals surface area contributed by atoms with E-state index in [4.69, 9.17) is 20.4 Å². The van der Waals surface area contributed by atoms with Crippen LogP contribution in [-0.2, 0) is 0 Å². The molecule has 2 aromatic carbocycles. The van der Waals surface area contributed by atoms with E-state index < -0.39 is 16.7 Å². The van der Waals surface area contributed by atoms with Crippen LogP contribution in [0, 0.1) is 10.1 Å².